The molecule has 0 radical (unpaired) electrons. The lowest BCUT2D eigenvalue weighted by molar-refractivity contribution is -0.296. The highest BCUT2D eigenvalue weighted by Crippen LogP contribution is 2.43. The third-order valence-corrected chi connectivity index (χ3v) is 3.80. The molecule has 0 saturated heterocycles. The number of urea groups is 1. The van der Waals surface area contributed by atoms with E-state index in [-0.39, 0.29) is 10.7 Å². The smallest absolute Gasteiger partial charge is 0.362 e. The standard InChI is InChI=1S/C16H20F3N3O2/c1-10-5-7-11(8-6-10)20-13(23)22-15(24,16(17,18)19)9-12(21-22)14(2,3)4/h5-8,24H,9H2,1-4H3,(H,20,23). The normalized spacial score (nSPS) is 21.7. The van der Waals surface area contributed by atoms with E-state index in [9.17, 15) is 23.1 Å². The Morgan fingerprint density at radius 2 is 1.79 bits per heavy atom. The van der Waals surface area contributed by atoms with Crippen LogP contribution in [0.3, 0.4) is 0 Å². The molecule has 8 heteroatoms. The first-order valence-corrected chi connectivity index (χ1v) is 7.39. The third kappa shape index (κ3) is 3.38. The van der Waals surface area contributed by atoms with Gasteiger partial charge in [-0.05, 0) is 19.1 Å². The number of hydrazone groups is 1. The maximum Gasteiger partial charge on any atom is 0.438 e. The highest BCUT2D eigenvalue weighted by atomic mass is 19.4. The van der Waals surface area contributed by atoms with Crippen LogP contribution in [0.4, 0.5) is 23.7 Å². The Morgan fingerprint density at radius 3 is 2.25 bits per heavy atom. The third-order valence-electron chi connectivity index (χ3n) is 3.80. The van der Waals surface area contributed by atoms with E-state index in [0.29, 0.717) is 5.69 Å². The Bertz CT molecular complexity index is 663. The molecule has 2 amide bonds. The van der Waals surface area contributed by atoms with E-state index in [1.165, 1.54) is 0 Å². The molecule has 2 N–H and O–H groups in total. The van der Waals surface area contributed by atoms with Gasteiger partial charge in [0.1, 0.15) is 0 Å². The van der Waals surface area contributed by atoms with E-state index < -0.39 is 29.8 Å². The summed E-state index contributed by atoms with van der Waals surface area (Å²) in [6.45, 7) is 6.85. The number of amides is 2. The Morgan fingerprint density at radius 1 is 1.25 bits per heavy atom. The van der Waals surface area contributed by atoms with Crippen LogP contribution in [0, 0.1) is 12.3 Å². The highest BCUT2D eigenvalue weighted by Gasteiger charge is 2.64. The first-order valence-electron chi connectivity index (χ1n) is 7.39. The summed E-state index contributed by atoms with van der Waals surface area (Å²) in [7, 11) is 0. The van der Waals surface area contributed by atoms with Crippen LogP contribution in [0.15, 0.2) is 29.4 Å². The topological polar surface area (TPSA) is 64.9 Å². The second-order valence-corrected chi connectivity index (χ2v) is 6.90. The van der Waals surface area contributed by atoms with Crippen molar-refractivity contribution >= 4 is 17.4 Å². The molecule has 0 aromatic heterocycles. The van der Waals surface area contributed by atoms with Gasteiger partial charge in [0.15, 0.2) is 0 Å². The van der Waals surface area contributed by atoms with Crippen molar-refractivity contribution in [3.8, 4) is 0 Å². The van der Waals surface area contributed by atoms with Crippen LogP contribution < -0.4 is 5.32 Å². The molecule has 1 heterocycles. The molecule has 0 bridgehead atoms. The lowest BCUT2D eigenvalue weighted by Gasteiger charge is -2.32. The fourth-order valence-electron chi connectivity index (χ4n) is 2.21. The predicted molar refractivity (Wildman–Crippen MR) is 84.5 cm³/mol. The van der Waals surface area contributed by atoms with E-state index in [1.807, 2.05) is 6.92 Å². The maximum atomic E-state index is 13.4. The molecular weight excluding hydrogens is 323 g/mol. The van der Waals surface area contributed by atoms with Crippen molar-refractivity contribution < 1.29 is 23.1 Å². The van der Waals surface area contributed by atoms with Gasteiger partial charge in [0.25, 0.3) is 5.72 Å². The Labute approximate surface area is 138 Å². The van der Waals surface area contributed by atoms with Crippen LogP contribution in [0.25, 0.3) is 0 Å². The van der Waals surface area contributed by atoms with Crippen molar-refractivity contribution in [3.63, 3.8) is 0 Å². The molecule has 0 saturated carbocycles. The molecule has 1 unspecified atom stereocenters. The van der Waals surface area contributed by atoms with E-state index in [1.54, 1.807) is 45.0 Å². The summed E-state index contributed by atoms with van der Waals surface area (Å²) in [5.41, 5.74) is -2.72. The number of halogens is 3. The van der Waals surface area contributed by atoms with Gasteiger partial charge in [0.2, 0.25) is 0 Å². The van der Waals surface area contributed by atoms with Gasteiger partial charge in [-0.25, -0.2) is 4.79 Å². The molecule has 1 aliphatic heterocycles. The number of hydrogen-bond donors (Lipinski definition) is 2. The fourth-order valence-corrected chi connectivity index (χ4v) is 2.21. The average molecular weight is 343 g/mol. The average Bonchev–Trinajstić information content (AvgIpc) is 2.80. The molecule has 132 valence electrons. The zero-order valence-corrected chi connectivity index (χ0v) is 13.9. The predicted octanol–water partition coefficient (Wildman–Crippen LogP) is 3.89. The number of carbonyl (C=O) groups excluding carboxylic acids is 1. The summed E-state index contributed by atoms with van der Waals surface area (Å²) in [6, 6.07) is 5.39. The number of hydrogen-bond acceptors (Lipinski definition) is 3. The zero-order valence-electron chi connectivity index (χ0n) is 13.9. The van der Waals surface area contributed by atoms with Crippen LogP contribution in [-0.2, 0) is 0 Å². The summed E-state index contributed by atoms with van der Waals surface area (Å²) in [4.78, 5) is 12.3. The van der Waals surface area contributed by atoms with E-state index in [0.717, 1.165) is 5.56 Å². The number of anilines is 1. The van der Waals surface area contributed by atoms with Crippen LogP contribution in [0.2, 0.25) is 0 Å². The number of aryl methyl sites for hydroxylation is 1. The van der Waals surface area contributed by atoms with Gasteiger partial charge in [0.05, 0.1) is 0 Å². The van der Waals surface area contributed by atoms with Gasteiger partial charge in [-0.2, -0.15) is 23.3 Å². The lowest BCUT2D eigenvalue weighted by Crippen LogP contribution is -2.57. The quantitative estimate of drug-likeness (QED) is 0.812. The number of nitrogens with zero attached hydrogens (tertiary/aromatic N) is 2. The largest absolute Gasteiger partial charge is 0.438 e. The van der Waals surface area contributed by atoms with Crippen LogP contribution in [0.1, 0.15) is 32.8 Å². The van der Waals surface area contributed by atoms with Gasteiger partial charge in [0, 0.05) is 23.2 Å². The molecule has 5 nitrogen and oxygen atoms in total. The fraction of sp³-hybridized carbons (Fsp3) is 0.500. The molecular formula is C16H20F3N3O2. The Kier molecular flexibility index (Phi) is 4.39. The van der Waals surface area contributed by atoms with Gasteiger partial charge in [-0.3, -0.25) is 0 Å². The number of rotatable bonds is 1. The Balaban J connectivity index is 2.33. The SMILES string of the molecule is Cc1ccc(NC(=O)N2N=C(C(C)(C)C)CC2(O)C(F)(F)F)cc1. The number of benzene rings is 1. The number of aliphatic hydroxyl groups is 1. The molecule has 1 aliphatic rings. The van der Waals surface area contributed by atoms with Gasteiger partial charge >= 0.3 is 12.2 Å². The molecule has 24 heavy (non-hydrogen) atoms. The monoisotopic (exact) mass is 343 g/mol. The summed E-state index contributed by atoms with van der Waals surface area (Å²) < 4.78 is 40.1. The van der Waals surface area contributed by atoms with Crippen molar-refractivity contribution in [1.82, 2.24) is 5.01 Å². The minimum atomic E-state index is -5.03. The van der Waals surface area contributed by atoms with E-state index in [2.05, 4.69) is 10.4 Å². The van der Waals surface area contributed by atoms with Crippen LogP contribution in [0.5, 0.6) is 0 Å². The van der Waals surface area contributed by atoms with Crippen molar-refractivity contribution in [1.29, 1.82) is 0 Å². The van der Waals surface area contributed by atoms with Crippen LogP contribution in [-0.4, -0.2) is 33.8 Å². The van der Waals surface area contributed by atoms with E-state index in [4.69, 9.17) is 0 Å². The minimum Gasteiger partial charge on any atom is -0.362 e. The van der Waals surface area contributed by atoms with Crippen molar-refractivity contribution in [2.75, 3.05) is 5.32 Å². The van der Waals surface area contributed by atoms with E-state index >= 15 is 0 Å². The first kappa shape index (κ1) is 18.3. The minimum absolute atomic E-state index is 0.0907. The summed E-state index contributed by atoms with van der Waals surface area (Å²) >= 11 is 0. The van der Waals surface area contributed by atoms with Gasteiger partial charge in [-0.15, -0.1) is 0 Å². The summed E-state index contributed by atoms with van der Waals surface area (Å²) in [5.74, 6) is 0. The van der Waals surface area contributed by atoms with Crippen molar-refractivity contribution in [2.45, 2.75) is 46.0 Å². The molecule has 1 aromatic rings. The zero-order chi connectivity index (χ0) is 18.3. The highest BCUT2D eigenvalue weighted by molar-refractivity contribution is 5.97. The van der Waals surface area contributed by atoms with Crippen molar-refractivity contribution in [3.05, 3.63) is 29.8 Å². The molecule has 0 spiro atoms. The number of alkyl halides is 3. The van der Waals surface area contributed by atoms with Crippen LogP contribution >= 0.6 is 0 Å². The summed E-state index contributed by atoms with van der Waals surface area (Å²) in [5, 5.41) is 16.3. The second-order valence-electron chi connectivity index (χ2n) is 6.90. The Hall–Kier alpha value is -2.09. The first-order chi connectivity index (χ1) is 10.8. The molecule has 0 fully saturated rings. The summed E-state index contributed by atoms with van der Waals surface area (Å²) in [6.07, 6.45) is -5.81. The van der Waals surface area contributed by atoms with Gasteiger partial charge in [-0.1, -0.05) is 38.5 Å². The van der Waals surface area contributed by atoms with Crippen molar-refractivity contribution in [2.24, 2.45) is 10.5 Å². The maximum absolute atomic E-state index is 13.4. The molecule has 1 atom stereocenters. The lowest BCUT2D eigenvalue weighted by atomic mass is 9.86. The second kappa shape index (κ2) is 5.77. The molecule has 0 aliphatic carbocycles. The van der Waals surface area contributed by atoms with Gasteiger partial charge < -0.3 is 10.4 Å². The molecule has 2 rings (SSSR count). The molecule has 1 aromatic carbocycles. The number of nitrogens with one attached hydrogen (secondary N) is 1. The number of carbonyl (C=O) groups is 1.